The van der Waals surface area contributed by atoms with E-state index in [1.807, 2.05) is 30.3 Å². The van der Waals surface area contributed by atoms with E-state index in [9.17, 15) is 9.90 Å². The molecule has 108 valence electrons. The Morgan fingerprint density at radius 3 is 2.76 bits per heavy atom. The fourth-order valence-corrected chi connectivity index (χ4v) is 3.23. The summed E-state index contributed by atoms with van der Waals surface area (Å²) in [6.07, 6.45) is 1.93. The molecule has 1 fully saturated rings. The molecule has 0 saturated carbocycles. The molecular formula is C16H16N2O2S. The average Bonchev–Trinajstić information content (AvgIpc) is 2.95. The number of carbonyl (C=O) groups is 1. The summed E-state index contributed by atoms with van der Waals surface area (Å²) in [6.45, 7) is 1.01. The van der Waals surface area contributed by atoms with Gasteiger partial charge < -0.3 is 10.0 Å². The van der Waals surface area contributed by atoms with Crippen LogP contribution in [0.5, 0.6) is 0 Å². The molecular weight excluding hydrogens is 284 g/mol. The summed E-state index contributed by atoms with van der Waals surface area (Å²) in [5.74, 6) is -0.0573. The number of hydrogen-bond donors (Lipinski definition) is 1. The highest BCUT2D eigenvalue weighted by molar-refractivity contribution is 7.99. The van der Waals surface area contributed by atoms with Crippen molar-refractivity contribution in [3.05, 3.63) is 54.2 Å². The monoisotopic (exact) mass is 300 g/mol. The lowest BCUT2D eigenvalue weighted by atomic mass is 10.2. The molecule has 4 nitrogen and oxygen atoms in total. The van der Waals surface area contributed by atoms with Gasteiger partial charge in [-0.2, -0.15) is 0 Å². The number of rotatable bonds is 3. The number of pyridine rings is 1. The molecule has 0 aliphatic carbocycles. The topological polar surface area (TPSA) is 53.4 Å². The second-order valence-electron chi connectivity index (χ2n) is 4.96. The zero-order valence-corrected chi connectivity index (χ0v) is 12.3. The van der Waals surface area contributed by atoms with E-state index < -0.39 is 6.10 Å². The van der Waals surface area contributed by atoms with Gasteiger partial charge in [0.2, 0.25) is 0 Å². The maximum atomic E-state index is 12.6. The summed E-state index contributed by atoms with van der Waals surface area (Å²) in [4.78, 5) is 19.6. The molecule has 1 aromatic carbocycles. The minimum absolute atomic E-state index is 0.0573. The van der Waals surface area contributed by atoms with Crippen LogP contribution in [-0.2, 0) is 0 Å². The standard InChI is InChI=1S/C16H16N2O2S/c19-12-8-10-18(11-12)16(20)14-7-4-9-17-15(14)21-13-5-2-1-3-6-13/h1-7,9,12,19H,8,10-11H2/t12-/m0/s1. The number of nitrogens with zero attached hydrogens (tertiary/aromatic N) is 2. The fraction of sp³-hybridized carbons (Fsp3) is 0.250. The van der Waals surface area contributed by atoms with Crippen LogP contribution in [-0.4, -0.2) is 40.1 Å². The number of aliphatic hydroxyl groups is 1. The van der Waals surface area contributed by atoms with Gasteiger partial charge >= 0.3 is 0 Å². The molecule has 1 aliphatic rings. The van der Waals surface area contributed by atoms with Crippen LogP contribution in [0.25, 0.3) is 0 Å². The molecule has 0 bridgehead atoms. The minimum Gasteiger partial charge on any atom is -0.391 e. The van der Waals surface area contributed by atoms with Crippen LogP contribution in [0.4, 0.5) is 0 Å². The van der Waals surface area contributed by atoms with Gasteiger partial charge in [0, 0.05) is 24.2 Å². The fourth-order valence-electron chi connectivity index (χ4n) is 2.33. The van der Waals surface area contributed by atoms with E-state index in [2.05, 4.69) is 4.98 Å². The van der Waals surface area contributed by atoms with Crippen molar-refractivity contribution in [3.63, 3.8) is 0 Å². The number of aromatic nitrogens is 1. The first kappa shape index (κ1) is 14.1. The Morgan fingerprint density at radius 2 is 2.05 bits per heavy atom. The molecule has 5 heteroatoms. The summed E-state index contributed by atoms with van der Waals surface area (Å²) < 4.78 is 0. The highest BCUT2D eigenvalue weighted by Gasteiger charge is 2.27. The number of hydrogen-bond acceptors (Lipinski definition) is 4. The molecule has 1 N–H and O–H groups in total. The Balaban J connectivity index is 1.84. The van der Waals surface area contributed by atoms with E-state index in [0.717, 1.165) is 4.90 Å². The number of benzene rings is 1. The van der Waals surface area contributed by atoms with Crippen molar-refractivity contribution in [2.24, 2.45) is 0 Å². The third kappa shape index (κ3) is 3.25. The van der Waals surface area contributed by atoms with Crippen molar-refractivity contribution >= 4 is 17.7 Å². The summed E-state index contributed by atoms with van der Waals surface area (Å²) in [5, 5.41) is 10.3. The van der Waals surface area contributed by atoms with Gasteiger partial charge in [-0.15, -0.1) is 0 Å². The van der Waals surface area contributed by atoms with Gasteiger partial charge in [-0.05, 0) is 30.7 Å². The largest absolute Gasteiger partial charge is 0.391 e. The third-order valence-corrected chi connectivity index (χ3v) is 4.44. The Kier molecular flexibility index (Phi) is 4.22. The van der Waals surface area contributed by atoms with E-state index in [4.69, 9.17) is 0 Å². The normalized spacial score (nSPS) is 18.0. The Bertz CT molecular complexity index is 633. The average molecular weight is 300 g/mol. The Labute approximate surface area is 127 Å². The molecule has 0 radical (unpaired) electrons. The van der Waals surface area contributed by atoms with Gasteiger partial charge in [0.25, 0.3) is 5.91 Å². The quantitative estimate of drug-likeness (QED) is 0.946. The summed E-state index contributed by atoms with van der Waals surface area (Å²) >= 11 is 1.48. The highest BCUT2D eigenvalue weighted by Crippen LogP contribution is 2.29. The first-order valence-electron chi connectivity index (χ1n) is 6.89. The van der Waals surface area contributed by atoms with Crippen molar-refractivity contribution in [1.82, 2.24) is 9.88 Å². The van der Waals surface area contributed by atoms with Gasteiger partial charge in [0.05, 0.1) is 11.7 Å². The van der Waals surface area contributed by atoms with Crippen LogP contribution in [0.3, 0.4) is 0 Å². The van der Waals surface area contributed by atoms with Crippen molar-refractivity contribution in [2.75, 3.05) is 13.1 Å². The molecule has 1 atom stereocenters. The van der Waals surface area contributed by atoms with Crippen LogP contribution in [0.2, 0.25) is 0 Å². The van der Waals surface area contributed by atoms with Crippen LogP contribution >= 0.6 is 11.8 Å². The van der Waals surface area contributed by atoms with E-state index in [1.165, 1.54) is 11.8 Å². The molecule has 1 aromatic heterocycles. The number of β-amino-alcohol motifs (C(OH)–C–C–N with tert-alkyl or cyclic N) is 1. The number of carbonyl (C=O) groups excluding carboxylic acids is 1. The predicted octanol–water partition coefficient (Wildman–Crippen LogP) is 2.44. The third-order valence-electron chi connectivity index (χ3n) is 3.41. The Hall–Kier alpha value is -1.85. The smallest absolute Gasteiger partial charge is 0.256 e. The molecule has 21 heavy (non-hydrogen) atoms. The van der Waals surface area contributed by atoms with Crippen molar-refractivity contribution in [1.29, 1.82) is 0 Å². The highest BCUT2D eigenvalue weighted by atomic mass is 32.2. The first-order chi connectivity index (χ1) is 10.2. The SMILES string of the molecule is O=C(c1cccnc1Sc1ccccc1)N1CC[C@H](O)C1. The van der Waals surface area contributed by atoms with Gasteiger partial charge in [0.1, 0.15) is 5.03 Å². The summed E-state index contributed by atoms with van der Waals surface area (Å²) in [6, 6.07) is 13.4. The zero-order valence-electron chi connectivity index (χ0n) is 11.5. The molecule has 2 aromatic rings. The molecule has 0 spiro atoms. The van der Waals surface area contributed by atoms with Crippen LogP contribution in [0.1, 0.15) is 16.8 Å². The molecule has 2 heterocycles. The summed E-state index contributed by atoms with van der Waals surface area (Å²) in [5.41, 5.74) is 0.598. The molecule has 3 rings (SSSR count). The van der Waals surface area contributed by atoms with Crippen molar-refractivity contribution < 1.29 is 9.90 Å². The van der Waals surface area contributed by atoms with Gasteiger partial charge in [-0.1, -0.05) is 30.0 Å². The number of amides is 1. The number of likely N-dealkylation sites (tertiary alicyclic amines) is 1. The molecule has 1 aliphatic heterocycles. The van der Waals surface area contributed by atoms with Gasteiger partial charge in [-0.3, -0.25) is 4.79 Å². The molecule has 1 saturated heterocycles. The zero-order chi connectivity index (χ0) is 14.7. The van der Waals surface area contributed by atoms with Gasteiger partial charge in [0.15, 0.2) is 0 Å². The summed E-state index contributed by atoms with van der Waals surface area (Å²) in [7, 11) is 0. The van der Waals surface area contributed by atoms with E-state index in [0.29, 0.717) is 30.1 Å². The van der Waals surface area contributed by atoms with E-state index in [-0.39, 0.29) is 5.91 Å². The van der Waals surface area contributed by atoms with Crippen LogP contribution in [0, 0.1) is 0 Å². The maximum Gasteiger partial charge on any atom is 0.256 e. The van der Waals surface area contributed by atoms with Crippen LogP contribution < -0.4 is 0 Å². The molecule has 0 unspecified atom stereocenters. The lowest BCUT2D eigenvalue weighted by Gasteiger charge is -2.17. The van der Waals surface area contributed by atoms with Gasteiger partial charge in [-0.25, -0.2) is 4.98 Å². The maximum absolute atomic E-state index is 12.6. The lowest BCUT2D eigenvalue weighted by Crippen LogP contribution is -2.30. The number of aliphatic hydroxyl groups excluding tert-OH is 1. The van der Waals surface area contributed by atoms with E-state index >= 15 is 0 Å². The second kappa shape index (κ2) is 6.28. The Morgan fingerprint density at radius 1 is 1.24 bits per heavy atom. The van der Waals surface area contributed by atoms with Crippen molar-refractivity contribution in [2.45, 2.75) is 22.4 Å². The minimum atomic E-state index is -0.407. The van der Waals surface area contributed by atoms with E-state index in [1.54, 1.807) is 23.2 Å². The second-order valence-corrected chi connectivity index (χ2v) is 6.03. The van der Waals surface area contributed by atoms with Crippen LogP contribution in [0.15, 0.2) is 58.6 Å². The predicted molar refractivity (Wildman–Crippen MR) is 81.3 cm³/mol. The van der Waals surface area contributed by atoms with Crippen molar-refractivity contribution in [3.8, 4) is 0 Å². The lowest BCUT2D eigenvalue weighted by molar-refractivity contribution is 0.0761. The molecule has 1 amide bonds. The first-order valence-corrected chi connectivity index (χ1v) is 7.71.